The number of thioether (sulfide) groups is 1. The van der Waals surface area contributed by atoms with E-state index in [2.05, 4.69) is 30.1 Å². The molecule has 1 aromatic heterocycles. The number of nitrogens with zero attached hydrogens (tertiary/aromatic N) is 1. The van der Waals surface area contributed by atoms with Crippen molar-refractivity contribution in [2.75, 3.05) is 12.4 Å². The highest BCUT2D eigenvalue weighted by Gasteiger charge is 2.10. The van der Waals surface area contributed by atoms with E-state index in [0.29, 0.717) is 12.4 Å². The first kappa shape index (κ1) is 15.3. The number of aliphatic hydroxyl groups is 1. The Kier molecular flexibility index (Phi) is 4.97. The molecule has 0 fully saturated rings. The molecule has 5 heteroatoms. The summed E-state index contributed by atoms with van der Waals surface area (Å²) in [6.07, 6.45) is -0.515. The SMILES string of the molecule is Cc1ccc2sc(SCC(O)COc3ccccc3)nc2c1. The number of thiazole rings is 1. The topological polar surface area (TPSA) is 42.4 Å². The van der Waals surface area contributed by atoms with E-state index in [9.17, 15) is 5.11 Å². The summed E-state index contributed by atoms with van der Waals surface area (Å²) in [5.41, 5.74) is 2.24. The van der Waals surface area contributed by atoms with Crippen LogP contribution in [0.4, 0.5) is 0 Å². The minimum atomic E-state index is -0.515. The Hall–Kier alpha value is -1.56. The van der Waals surface area contributed by atoms with Crippen LogP contribution in [0.2, 0.25) is 0 Å². The summed E-state index contributed by atoms with van der Waals surface area (Å²) in [6, 6.07) is 15.8. The number of hydrogen-bond acceptors (Lipinski definition) is 5. The fraction of sp³-hybridized carbons (Fsp3) is 0.235. The van der Waals surface area contributed by atoms with Gasteiger partial charge in [0.1, 0.15) is 12.4 Å². The van der Waals surface area contributed by atoms with E-state index in [1.807, 2.05) is 30.3 Å². The Bertz CT molecular complexity index is 743. The zero-order valence-electron chi connectivity index (χ0n) is 12.2. The highest BCUT2D eigenvalue weighted by molar-refractivity contribution is 8.01. The molecule has 3 rings (SSSR count). The second-order valence-electron chi connectivity index (χ2n) is 5.04. The summed E-state index contributed by atoms with van der Waals surface area (Å²) in [6.45, 7) is 2.36. The number of para-hydroxylation sites is 1. The lowest BCUT2D eigenvalue weighted by Crippen LogP contribution is -2.19. The van der Waals surface area contributed by atoms with Crippen molar-refractivity contribution in [2.24, 2.45) is 0 Å². The molecule has 2 aromatic carbocycles. The van der Waals surface area contributed by atoms with Crippen LogP contribution in [0.5, 0.6) is 5.75 Å². The molecule has 0 spiro atoms. The van der Waals surface area contributed by atoms with E-state index in [0.717, 1.165) is 15.6 Å². The Morgan fingerprint density at radius 3 is 2.86 bits per heavy atom. The van der Waals surface area contributed by atoms with Crippen LogP contribution in [0.25, 0.3) is 10.2 Å². The molecule has 3 nitrogen and oxygen atoms in total. The number of aliphatic hydroxyl groups excluding tert-OH is 1. The normalized spacial score (nSPS) is 12.5. The highest BCUT2D eigenvalue weighted by Crippen LogP contribution is 2.30. The number of hydrogen-bond donors (Lipinski definition) is 1. The first-order valence-corrected chi connectivity index (χ1v) is 8.87. The van der Waals surface area contributed by atoms with Gasteiger partial charge in [0.2, 0.25) is 0 Å². The van der Waals surface area contributed by atoms with Crippen LogP contribution >= 0.6 is 23.1 Å². The maximum atomic E-state index is 10.0. The number of ether oxygens (including phenoxy) is 1. The number of fused-ring (bicyclic) bond motifs is 1. The van der Waals surface area contributed by atoms with Gasteiger partial charge in [-0.3, -0.25) is 0 Å². The van der Waals surface area contributed by atoms with Crippen LogP contribution in [-0.4, -0.2) is 28.6 Å². The Balaban J connectivity index is 1.52. The third kappa shape index (κ3) is 4.00. The van der Waals surface area contributed by atoms with Gasteiger partial charge in [-0.05, 0) is 36.8 Å². The molecule has 1 atom stereocenters. The standard InChI is InChI=1S/C17H17NO2S2/c1-12-7-8-16-15(9-12)18-17(22-16)21-11-13(19)10-20-14-5-3-2-4-6-14/h2-9,13,19H,10-11H2,1H3. The molecular weight excluding hydrogens is 314 g/mol. The lowest BCUT2D eigenvalue weighted by Gasteiger charge is -2.11. The van der Waals surface area contributed by atoms with E-state index in [-0.39, 0.29) is 0 Å². The van der Waals surface area contributed by atoms with E-state index >= 15 is 0 Å². The fourth-order valence-electron chi connectivity index (χ4n) is 2.00. The van der Waals surface area contributed by atoms with Crippen molar-refractivity contribution in [3.63, 3.8) is 0 Å². The molecule has 0 aliphatic heterocycles. The van der Waals surface area contributed by atoms with Crippen molar-refractivity contribution in [3.05, 3.63) is 54.1 Å². The first-order chi connectivity index (χ1) is 10.7. The van der Waals surface area contributed by atoms with Gasteiger partial charge < -0.3 is 9.84 Å². The van der Waals surface area contributed by atoms with Gasteiger partial charge in [-0.25, -0.2) is 4.98 Å². The quantitative estimate of drug-likeness (QED) is 0.690. The Morgan fingerprint density at radius 1 is 1.23 bits per heavy atom. The molecule has 0 aliphatic rings. The van der Waals surface area contributed by atoms with Crippen LogP contribution in [0.15, 0.2) is 52.9 Å². The van der Waals surface area contributed by atoms with Gasteiger partial charge in [0.15, 0.2) is 4.34 Å². The lowest BCUT2D eigenvalue weighted by atomic mass is 10.2. The van der Waals surface area contributed by atoms with Gasteiger partial charge in [-0.1, -0.05) is 36.0 Å². The van der Waals surface area contributed by atoms with E-state index < -0.39 is 6.10 Å². The smallest absolute Gasteiger partial charge is 0.151 e. The van der Waals surface area contributed by atoms with Crippen LogP contribution < -0.4 is 4.74 Å². The molecule has 0 aliphatic carbocycles. The summed E-state index contributed by atoms with van der Waals surface area (Å²) >= 11 is 3.24. The second kappa shape index (κ2) is 7.13. The zero-order chi connectivity index (χ0) is 15.4. The Morgan fingerprint density at radius 2 is 2.05 bits per heavy atom. The summed E-state index contributed by atoms with van der Waals surface area (Å²) in [4.78, 5) is 4.59. The largest absolute Gasteiger partial charge is 0.491 e. The van der Waals surface area contributed by atoms with Gasteiger partial charge in [0.25, 0.3) is 0 Å². The molecule has 0 amide bonds. The lowest BCUT2D eigenvalue weighted by molar-refractivity contribution is 0.126. The van der Waals surface area contributed by atoms with Crippen LogP contribution in [0.1, 0.15) is 5.56 Å². The fourth-order valence-corrected chi connectivity index (χ4v) is 3.98. The monoisotopic (exact) mass is 331 g/mol. The van der Waals surface area contributed by atoms with Gasteiger partial charge in [0, 0.05) is 5.75 Å². The molecule has 22 heavy (non-hydrogen) atoms. The van der Waals surface area contributed by atoms with Crippen molar-refractivity contribution >= 4 is 33.3 Å². The average Bonchev–Trinajstić information content (AvgIpc) is 2.94. The summed E-state index contributed by atoms with van der Waals surface area (Å²) in [7, 11) is 0. The third-order valence-electron chi connectivity index (χ3n) is 3.11. The van der Waals surface area contributed by atoms with E-state index in [1.165, 1.54) is 10.3 Å². The molecule has 1 N–H and O–H groups in total. The summed E-state index contributed by atoms with van der Waals surface area (Å²) in [5.74, 6) is 1.35. The highest BCUT2D eigenvalue weighted by atomic mass is 32.2. The number of aryl methyl sites for hydroxylation is 1. The summed E-state index contributed by atoms with van der Waals surface area (Å²) in [5, 5.41) is 10.0. The molecular formula is C17H17NO2S2. The van der Waals surface area contributed by atoms with Gasteiger partial charge in [-0.2, -0.15) is 0 Å². The van der Waals surface area contributed by atoms with E-state index in [4.69, 9.17) is 4.74 Å². The molecule has 3 aromatic rings. The molecule has 114 valence electrons. The van der Waals surface area contributed by atoms with Crippen molar-refractivity contribution < 1.29 is 9.84 Å². The maximum Gasteiger partial charge on any atom is 0.151 e. The van der Waals surface area contributed by atoms with Crippen LogP contribution in [0, 0.1) is 6.92 Å². The van der Waals surface area contributed by atoms with Gasteiger partial charge in [0.05, 0.1) is 16.3 Å². The van der Waals surface area contributed by atoms with Gasteiger partial charge >= 0.3 is 0 Å². The minimum Gasteiger partial charge on any atom is -0.491 e. The Labute approximate surface area is 138 Å². The van der Waals surface area contributed by atoms with Crippen LogP contribution in [-0.2, 0) is 0 Å². The third-order valence-corrected chi connectivity index (χ3v) is 5.43. The number of rotatable bonds is 6. The molecule has 1 unspecified atom stereocenters. The number of aromatic nitrogens is 1. The summed E-state index contributed by atoms with van der Waals surface area (Å²) < 4.78 is 7.72. The number of benzene rings is 2. The second-order valence-corrected chi connectivity index (χ2v) is 7.34. The zero-order valence-corrected chi connectivity index (χ0v) is 13.9. The minimum absolute atomic E-state index is 0.293. The van der Waals surface area contributed by atoms with Crippen LogP contribution in [0.3, 0.4) is 0 Å². The molecule has 1 heterocycles. The predicted molar refractivity (Wildman–Crippen MR) is 93.0 cm³/mol. The van der Waals surface area contributed by atoms with E-state index in [1.54, 1.807) is 23.1 Å². The average molecular weight is 331 g/mol. The molecule has 0 radical (unpaired) electrons. The molecule has 0 saturated heterocycles. The maximum absolute atomic E-state index is 10.0. The van der Waals surface area contributed by atoms with Crippen molar-refractivity contribution in [1.29, 1.82) is 0 Å². The van der Waals surface area contributed by atoms with Crippen molar-refractivity contribution in [2.45, 2.75) is 17.4 Å². The molecule has 0 saturated carbocycles. The van der Waals surface area contributed by atoms with Gasteiger partial charge in [-0.15, -0.1) is 11.3 Å². The van der Waals surface area contributed by atoms with Crippen molar-refractivity contribution in [1.82, 2.24) is 4.98 Å². The predicted octanol–water partition coefficient (Wildman–Crippen LogP) is 4.14. The van der Waals surface area contributed by atoms with Crippen molar-refractivity contribution in [3.8, 4) is 5.75 Å². The molecule has 0 bridgehead atoms. The first-order valence-electron chi connectivity index (χ1n) is 7.06.